The van der Waals surface area contributed by atoms with Gasteiger partial charge in [0.15, 0.2) is 5.75 Å². The summed E-state index contributed by atoms with van der Waals surface area (Å²) in [5, 5.41) is 4.33. The van der Waals surface area contributed by atoms with Crippen molar-refractivity contribution in [2.24, 2.45) is 5.92 Å². The second-order valence-electron chi connectivity index (χ2n) is 7.73. The lowest BCUT2D eigenvalue weighted by molar-refractivity contribution is -0.121. The van der Waals surface area contributed by atoms with Gasteiger partial charge in [-0.3, -0.25) is 9.69 Å². The maximum absolute atomic E-state index is 12.9. The summed E-state index contributed by atoms with van der Waals surface area (Å²) in [5.74, 6) is 1.23. The molecule has 1 aliphatic rings. The molecule has 0 bridgehead atoms. The van der Waals surface area contributed by atoms with E-state index in [9.17, 15) is 4.79 Å². The number of nitrogens with zero attached hydrogens (tertiary/aromatic N) is 1. The summed E-state index contributed by atoms with van der Waals surface area (Å²) in [6.45, 7) is 2.58. The minimum Gasteiger partial charge on any atom is -0.455 e. The number of ether oxygens (including phenoxy) is 1. The first-order valence-corrected chi connectivity index (χ1v) is 11.1. The zero-order chi connectivity index (χ0) is 21.6. The molecule has 0 aliphatic carbocycles. The Morgan fingerprint density at radius 1 is 0.935 bits per heavy atom. The van der Waals surface area contributed by atoms with Crippen molar-refractivity contribution >= 4 is 34.8 Å². The molecular weight excluding hydrogens is 431 g/mol. The van der Waals surface area contributed by atoms with Crippen molar-refractivity contribution in [3.63, 3.8) is 0 Å². The van der Waals surface area contributed by atoms with Crippen LogP contribution in [0.4, 0.5) is 5.69 Å². The van der Waals surface area contributed by atoms with E-state index in [2.05, 4.69) is 16.3 Å². The maximum atomic E-state index is 12.9. The molecule has 0 spiro atoms. The van der Waals surface area contributed by atoms with Gasteiger partial charge in [-0.2, -0.15) is 0 Å². The number of anilines is 1. The average molecular weight is 455 g/mol. The van der Waals surface area contributed by atoms with E-state index in [0.717, 1.165) is 37.5 Å². The van der Waals surface area contributed by atoms with Crippen LogP contribution >= 0.6 is 23.2 Å². The van der Waals surface area contributed by atoms with Crippen molar-refractivity contribution < 1.29 is 9.53 Å². The topological polar surface area (TPSA) is 41.6 Å². The van der Waals surface area contributed by atoms with E-state index in [1.54, 1.807) is 18.2 Å². The van der Waals surface area contributed by atoms with Crippen LogP contribution in [0, 0.1) is 5.92 Å². The highest BCUT2D eigenvalue weighted by Crippen LogP contribution is 2.33. The lowest BCUT2D eigenvalue weighted by atomic mass is 9.95. The van der Waals surface area contributed by atoms with E-state index in [4.69, 9.17) is 27.9 Å². The molecule has 1 saturated heterocycles. The molecule has 1 aliphatic heterocycles. The molecule has 6 heteroatoms. The number of benzene rings is 3. The van der Waals surface area contributed by atoms with Gasteiger partial charge in [0.2, 0.25) is 5.91 Å². The third-order valence-corrected chi connectivity index (χ3v) is 5.89. The van der Waals surface area contributed by atoms with Crippen molar-refractivity contribution in [1.82, 2.24) is 4.90 Å². The smallest absolute Gasteiger partial charge is 0.227 e. The van der Waals surface area contributed by atoms with Crippen LogP contribution in [-0.4, -0.2) is 23.9 Å². The fourth-order valence-corrected chi connectivity index (χ4v) is 4.17. The van der Waals surface area contributed by atoms with E-state index >= 15 is 0 Å². The van der Waals surface area contributed by atoms with Crippen LogP contribution in [0.3, 0.4) is 0 Å². The van der Waals surface area contributed by atoms with Gasteiger partial charge in [-0.05, 0) is 74.0 Å². The molecule has 1 heterocycles. The molecule has 0 aromatic heterocycles. The molecule has 4 rings (SSSR count). The molecule has 3 aromatic carbocycles. The van der Waals surface area contributed by atoms with Crippen molar-refractivity contribution in [3.8, 4) is 11.5 Å². The number of amides is 1. The third kappa shape index (κ3) is 6.01. The van der Waals surface area contributed by atoms with Crippen molar-refractivity contribution in [1.29, 1.82) is 0 Å². The monoisotopic (exact) mass is 454 g/mol. The highest BCUT2D eigenvalue weighted by molar-refractivity contribution is 6.31. The van der Waals surface area contributed by atoms with E-state index in [0.29, 0.717) is 22.2 Å². The summed E-state index contributed by atoms with van der Waals surface area (Å²) >= 11 is 12.3. The minimum absolute atomic E-state index is 0.00239. The fourth-order valence-electron chi connectivity index (χ4n) is 3.79. The quantitative estimate of drug-likeness (QED) is 0.453. The largest absolute Gasteiger partial charge is 0.455 e. The average Bonchev–Trinajstić information content (AvgIpc) is 2.77. The van der Waals surface area contributed by atoms with Crippen LogP contribution in [0.15, 0.2) is 72.8 Å². The van der Waals surface area contributed by atoms with Gasteiger partial charge in [-0.25, -0.2) is 0 Å². The van der Waals surface area contributed by atoms with Gasteiger partial charge in [0.05, 0.1) is 5.69 Å². The van der Waals surface area contributed by atoms with Gasteiger partial charge in [-0.1, -0.05) is 53.5 Å². The van der Waals surface area contributed by atoms with E-state index in [-0.39, 0.29) is 11.8 Å². The van der Waals surface area contributed by atoms with Crippen molar-refractivity contribution in [2.75, 3.05) is 18.4 Å². The molecule has 0 atom stereocenters. The molecule has 0 radical (unpaired) electrons. The number of para-hydroxylation sites is 1. The van der Waals surface area contributed by atoms with Crippen LogP contribution in [0.1, 0.15) is 18.4 Å². The predicted octanol–water partition coefficient (Wildman–Crippen LogP) is 6.64. The summed E-state index contributed by atoms with van der Waals surface area (Å²) in [7, 11) is 0. The first kappa shape index (κ1) is 21.7. The normalized spacial score (nSPS) is 14.9. The Labute approximate surface area is 192 Å². The third-order valence-electron chi connectivity index (χ3n) is 5.42. The zero-order valence-electron chi connectivity index (χ0n) is 17.1. The first-order valence-electron chi connectivity index (χ1n) is 10.4. The number of hydrogen-bond donors (Lipinski definition) is 1. The van der Waals surface area contributed by atoms with Gasteiger partial charge in [0, 0.05) is 22.5 Å². The van der Waals surface area contributed by atoms with E-state index in [1.165, 1.54) is 5.56 Å². The maximum Gasteiger partial charge on any atom is 0.227 e. The Morgan fingerprint density at radius 3 is 2.42 bits per heavy atom. The molecule has 4 nitrogen and oxygen atoms in total. The first-order chi connectivity index (χ1) is 15.1. The number of likely N-dealkylation sites (tertiary alicyclic amines) is 1. The van der Waals surface area contributed by atoms with Gasteiger partial charge < -0.3 is 10.1 Å². The van der Waals surface area contributed by atoms with Gasteiger partial charge in [-0.15, -0.1) is 0 Å². The Bertz CT molecular complexity index is 1030. The van der Waals surface area contributed by atoms with Gasteiger partial charge >= 0.3 is 0 Å². The molecule has 1 amide bonds. The summed E-state index contributed by atoms with van der Waals surface area (Å²) in [5.41, 5.74) is 1.78. The lowest BCUT2D eigenvalue weighted by Gasteiger charge is -2.31. The molecule has 31 heavy (non-hydrogen) atoms. The predicted molar refractivity (Wildman–Crippen MR) is 126 cm³/mol. The highest BCUT2D eigenvalue weighted by atomic mass is 35.5. The zero-order valence-corrected chi connectivity index (χ0v) is 18.6. The van der Waals surface area contributed by atoms with Gasteiger partial charge in [0.1, 0.15) is 5.75 Å². The van der Waals surface area contributed by atoms with Gasteiger partial charge in [0.25, 0.3) is 0 Å². The lowest BCUT2D eigenvalue weighted by Crippen LogP contribution is -2.37. The number of piperidine rings is 1. The van der Waals surface area contributed by atoms with Crippen LogP contribution in [0.2, 0.25) is 10.0 Å². The number of hydrogen-bond acceptors (Lipinski definition) is 3. The molecule has 1 fully saturated rings. The van der Waals surface area contributed by atoms with Crippen LogP contribution in [0.25, 0.3) is 0 Å². The van der Waals surface area contributed by atoms with E-state index < -0.39 is 0 Å². The number of rotatable bonds is 6. The summed E-state index contributed by atoms with van der Waals surface area (Å²) in [6.07, 6.45) is 1.61. The number of halogens is 2. The molecular formula is C25H24Cl2N2O2. The number of carbonyl (C=O) groups excluding carboxylic acids is 1. The summed E-state index contributed by atoms with van der Waals surface area (Å²) in [4.78, 5) is 15.3. The van der Waals surface area contributed by atoms with Crippen LogP contribution < -0.4 is 10.1 Å². The van der Waals surface area contributed by atoms with E-state index in [1.807, 2.05) is 48.5 Å². The molecule has 160 valence electrons. The van der Waals surface area contributed by atoms with Crippen LogP contribution in [0.5, 0.6) is 11.5 Å². The highest BCUT2D eigenvalue weighted by Gasteiger charge is 2.26. The summed E-state index contributed by atoms with van der Waals surface area (Å²) in [6, 6.07) is 22.7. The van der Waals surface area contributed by atoms with Crippen molar-refractivity contribution in [3.05, 3.63) is 88.4 Å². The SMILES string of the molecule is O=C(Nc1cc(Cl)ccc1Oc1ccccc1)C1CCN(Cc2cccc(Cl)c2)CC1. The second-order valence-corrected chi connectivity index (χ2v) is 8.60. The Morgan fingerprint density at radius 2 is 1.68 bits per heavy atom. The Balaban J connectivity index is 1.36. The molecule has 0 unspecified atom stereocenters. The fraction of sp³-hybridized carbons (Fsp3) is 0.240. The van der Waals surface area contributed by atoms with Crippen molar-refractivity contribution in [2.45, 2.75) is 19.4 Å². The number of nitrogens with one attached hydrogen (secondary N) is 1. The second kappa shape index (κ2) is 10.2. The molecule has 3 aromatic rings. The van der Waals surface area contributed by atoms with Crippen LogP contribution in [-0.2, 0) is 11.3 Å². The molecule has 1 N–H and O–H groups in total. The Kier molecular flexibility index (Phi) is 7.13. The number of carbonyl (C=O) groups is 1. The summed E-state index contributed by atoms with van der Waals surface area (Å²) < 4.78 is 5.95. The minimum atomic E-state index is -0.0424. The standard InChI is InChI=1S/C25H24Cl2N2O2/c26-20-6-4-5-18(15-20)17-29-13-11-19(12-14-29)25(30)28-23-16-21(27)9-10-24(23)31-22-7-2-1-3-8-22/h1-10,15-16,19H,11-14,17H2,(H,28,30). The Hall–Kier alpha value is -2.53. The molecule has 0 saturated carbocycles.